The summed E-state index contributed by atoms with van der Waals surface area (Å²) in [5.41, 5.74) is 0. The van der Waals surface area contributed by atoms with Gasteiger partial charge in [-0.05, 0) is 37.7 Å². The first-order valence-electron chi connectivity index (χ1n) is 9.23. The Balaban J connectivity index is 2.27. The van der Waals surface area contributed by atoms with Crippen LogP contribution in [0.4, 0.5) is 0 Å². The molecule has 8 nitrogen and oxygen atoms in total. The Morgan fingerprint density at radius 3 is 2.34 bits per heavy atom. The highest BCUT2D eigenvalue weighted by atomic mass is 79.9. The van der Waals surface area contributed by atoms with Gasteiger partial charge in [0, 0.05) is 4.47 Å². The summed E-state index contributed by atoms with van der Waals surface area (Å²) in [7, 11) is -3.76. The highest BCUT2D eigenvalue weighted by Gasteiger charge is 2.40. The van der Waals surface area contributed by atoms with Crippen molar-refractivity contribution in [3.8, 4) is 0 Å². The fourth-order valence-electron chi connectivity index (χ4n) is 2.61. The van der Waals surface area contributed by atoms with Crippen LogP contribution in [-0.4, -0.2) is 58.5 Å². The Bertz CT molecular complexity index is 826. The lowest BCUT2D eigenvalue weighted by Gasteiger charge is -2.26. The highest BCUT2D eigenvalue weighted by molar-refractivity contribution is 9.10. The maximum atomic E-state index is 12.8. The maximum Gasteiger partial charge on any atom is 0.622 e. The lowest BCUT2D eigenvalue weighted by atomic mass is 9.78. The largest absolute Gasteiger partial charge is 0.622 e. The molecule has 1 N–H and O–H groups in total. The van der Waals surface area contributed by atoms with Crippen LogP contribution in [0, 0.1) is 0 Å². The summed E-state index contributed by atoms with van der Waals surface area (Å²) in [5, 5.41) is 0. The molecule has 1 aromatic carbocycles. The summed E-state index contributed by atoms with van der Waals surface area (Å²) in [6.07, 6.45) is 5.94. The smallest absolute Gasteiger partial charge is 0.497 e. The minimum Gasteiger partial charge on any atom is -0.497 e. The number of unbranched alkanes of at least 4 members (excludes halogenated alkanes) is 2. The standard InChI is InChI=1S/C18H24BBrN2O6S/c1-3-4-5-6-7-16(19-27-17(23)12-22(2)13-18(24)28-19)21-29(25,26)15-10-8-14(20)9-11-15/h6-11,16,21H,3-5,12-13H2,1-2H3/b7-6+. The van der Waals surface area contributed by atoms with Gasteiger partial charge in [0.25, 0.3) is 0 Å². The third kappa shape index (κ3) is 7.58. The zero-order valence-electron chi connectivity index (χ0n) is 16.3. The van der Waals surface area contributed by atoms with Crippen molar-refractivity contribution in [3.63, 3.8) is 0 Å². The third-order valence-electron chi connectivity index (χ3n) is 4.07. The van der Waals surface area contributed by atoms with Gasteiger partial charge in [-0.3, -0.25) is 14.5 Å². The summed E-state index contributed by atoms with van der Waals surface area (Å²) in [5.74, 6) is -2.28. The first kappa shape index (κ1) is 23.6. The Labute approximate surface area is 179 Å². The summed E-state index contributed by atoms with van der Waals surface area (Å²) in [6.45, 7) is 1.84. The van der Waals surface area contributed by atoms with E-state index in [1.54, 1.807) is 31.3 Å². The highest BCUT2D eigenvalue weighted by Crippen LogP contribution is 2.16. The molecule has 1 aromatic rings. The Morgan fingerprint density at radius 2 is 1.79 bits per heavy atom. The number of nitrogens with one attached hydrogen (secondary N) is 1. The molecule has 2 rings (SSSR count). The molecule has 0 saturated carbocycles. The second kappa shape index (κ2) is 10.9. The first-order chi connectivity index (χ1) is 13.7. The molecule has 29 heavy (non-hydrogen) atoms. The van der Waals surface area contributed by atoms with Gasteiger partial charge >= 0.3 is 19.1 Å². The first-order valence-corrected chi connectivity index (χ1v) is 11.5. The lowest BCUT2D eigenvalue weighted by Crippen LogP contribution is -2.53. The number of allylic oxidation sites excluding steroid dienone is 1. The second-order valence-corrected chi connectivity index (χ2v) is 9.32. The Kier molecular flexibility index (Phi) is 8.88. The minimum absolute atomic E-state index is 0.0379. The number of benzene rings is 1. The van der Waals surface area contributed by atoms with Gasteiger partial charge in [-0.1, -0.05) is 47.8 Å². The van der Waals surface area contributed by atoms with Gasteiger partial charge in [0.05, 0.1) is 18.0 Å². The van der Waals surface area contributed by atoms with Crippen molar-refractivity contribution < 1.29 is 27.3 Å². The predicted molar refractivity (Wildman–Crippen MR) is 112 cm³/mol. The molecule has 1 atom stereocenters. The molecule has 0 bridgehead atoms. The molecule has 0 amide bonds. The molecule has 0 radical (unpaired) electrons. The van der Waals surface area contributed by atoms with Crippen LogP contribution < -0.4 is 4.72 Å². The normalized spacial score (nSPS) is 17.6. The van der Waals surface area contributed by atoms with E-state index < -0.39 is 35.0 Å². The van der Waals surface area contributed by atoms with E-state index in [4.69, 9.17) is 9.31 Å². The molecule has 0 aromatic heterocycles. The maximum absolute atomic E-state index is 12.8. The van der Waals surface area contributed by atoms with Crippen LogP contribution in [-0.2, 0) is 28.9 Å². The van der Waals surface area contributed by atoms with Crippen LogP contribution in [0.2, 0.25) is 0 Å². The lowest BCUT2D eigenvalue weighted by molar-refractivity contribution is -0.145. The fourth-order valence-corrected chi connectivity index (χ4v) is 4.06. The van der Waals surface area contributed by atoms with Crippen molar-refractivity contribution in [2.45, 2.75) is 37.0 Å². The molecule has 1 aliphatic rings. The molecule has 1 aliphatic heterocycles. The third-order valence-corrected chi connectivity index (χ3v) is 6.07. The molecule has 1 saturated heterocycles. The average Bonchev–Trinajstić information content (AvgIpc) is 2.62. The number of hydrogen-bond acceptors (Lipinski definition) is 7. The van der Waals surface area contributed by atoms with E-state index in [2.05, 4.69) is 20.7 Å². The average molecular weight is 487 g/mol. The van der Waals surface area contributed by atoms with Crippen molar-refractivity contribution >= 4 is 45.0 Å². The number of likely N-dealkylation sites (N-methyl/N-ethyl adjacent to an activating group) is 1. The number of nitrogens with zero attached hydrogens (tertiary/aromatic N) is 1. The van der Waals surface area contributed by atoms with Gasteiger partial charge in [0.15, 0.2) is 0 Å². The van der Waals surface area contributed by atoms with Crippen molar-refractivity contribution in [2.24, 2.45) is 0 Å². The second-order valence-electron chi connectivity index (χ2n) is 6.69. The predicted octanol–water partition coefficient (Wildman–Crippen LogP) is 1.90. The molecule has 1 fully saturated rings. The number of rotatable bonds is 8. The molecule has 11 heteroatoms. The van der Waals surface area contributed by atoms with E-state index in [1.807, 2.05) is 6.92 Å². The van der Waals surface area contributed by atoms with Gasteiger partial charge < -0.3 is 9.31 Å². The SMILES string of the molecule is CCCC/C=C/C(NS(=O)(=O)c1ccc(Br)cc1)B1OC(=O)CN(C)CC(=O)O1. The van der Waals surface area contributed by atoms with Crippen LogP contribution in [0.25, 0.3) is 0 Å². The van der Waals surface area contributed by atoms with E-state index in [9.17, 15) is 18.0 Å². The van der Waals surface area contributed by atoms with Crippen molar-refractivity contribution in [1.29, 1.82) is 0 Å². The Morgan fingerprint density at radius 1 is 1.21 bits per heavy atom. The fraction of sp³-hybridized carbons (Fsp3) is 0.444. The van der Waals surface area contributed by atoms with E-state index >= 15 is 0 Å². The van der Waals surface area contributed by atoms with Crippen molar-refractivity contribution in [2.75, 3.05) is 20.1 Å². The summed E-state index contributed by atoms with van der Waals surface area (Å²) < 4.78 is 39.3. The summed E-state index contributed by atoms with van der Waals surface area (Å²) in [4.78, 5) is 25.6. The van der Waals surface area contributed by atoms with Crippen molar-refractivity contribution in [3.05, 3.63) is 40.9 Å². The van der Waals surface area contributed by atoms with E-state index in [1.165, 1.54) is 17.0 Å². The molecule has 1 unspecified atom stereocenters. The summed E-state index contributed by atoms with van der Waals surface area (Å²) in [6, 6.07) is 6.09. The van der Waals surface area contributed by atoms with Gasteiger partial charge in [0.1, 0.15) is 5.94 Å². The van der Waals surface area contributed by atoms with Gasteiger partial charge in [-0.15, -0.1) is 0 Å². The van der Waals surface area contributed by atoms with Crippen LogP contribution in [0.15, 0.2) is 45.8 Å². The number of carbonyl (C=O) groups is 2. The number of sulfonamides is 1. The number of carbonyl (C=O) groups excluding carboxylic acids is 2. The van der Waals surface area contributed by atoms with Gasteiger partial charge in [-0.2, -0.15) is 0 Å². The van der Waals surface area contributed by atoms with Crippen LogP contribution in [0.3, 0.4) is 0 Å². The number of hydrogen-bond donors (Lipinski definition) is 1. The Hall–Kier alpha value is -1.69. The van der Waals surface area contributed by atoms with Gasteiger partial charge in [-0.25, -0.2) is 13.1 Å². The van der Waals surface area contributed by atoms with Crippen LogP contribution in [0.1, 0.15) is 26.2 Å². The van der Waals surface area contributed by atoms with Crippen LogP contribution >= 0.6 is 15.9 Å². The van der Waals surface area contributed by atoms with E-state index in [0.29, 0.717) is 6.42 Å². The van der Waals surface area contributed by atoms with Gasteiger partial charge in [0.2, 0.25) is 10.0 Å². The minimum atomic E-state index is -3.95. The van der Waals surface area contributed by atoms with Crippen LogP contribution in [0.5, 0.6) is 0 Å². The van der Waals surface area contributed by atoms with E-state index in [0.717, 1.165) is 17.3 Å². The van der Waals surface area contributed by atoms with E-state index in [-0.39, 0.29) is 18.0 Å². The quantitative estimate of drug-likeness (QED) is 0.340. The topological polar surface area (TPSA) is 102 Å². The molecule has 0 spiro atoms. The molecule has 158 valence electrons. The molecular weight excluding hydrogens is 463 g/mol. The zero-order chi connectivity index (χ0) is 21.4. The monoisotopic (exact) mass is 486 g/mol. The zero-order valence-corrected chi connectivity index (χ0v) is 18.7. The summed E-state index contributed by atoms with van der Waals surface area (Å²) >= 11 is 3.26. The molecule has 0 aliphatic carbocycles. The molecular formula is C18H24BBrN2O6S. The molecule has 1 heterocycles. The number of halogens is 1. The van der Waals surface area contributed by atoms with Crippen molar-refractivity contribution in [1.82, 2.24) is 9.62 Å².